The number of carbonyl (C=O) groups excluding carboxylic acids is 1. The molecular formula is C21H23N9O3S. The minimum atomic E-state index is -3.48. The molecule has 1 saturated carbocycles. The molecule has 1 aliphatic rings. The summed E-state index contributed by atoms with van der Waals surface area (Å²) in [5, 5.41) is 21.1. The van der Waals surface area contributed by atoms with Crippen molar-refractivity contribution in [2.45, 2.75) is 38.0 Å². The Labute approximate surface area is 196 Å². The van der Waals surface area contributed by atoms with Crippen LogP contribution in [0, 0.1) is 11.3 Å². The highest BCUT2D eigenvalue weighted by Gasteiger charge is 2.37. The average molecular weight is 482 g/mol. The molecule has 0 atom stereocenters. The quantitative estimate of drug-likeness (QED) is 0.384. The Hall–Kier alpha value is -4.05. The summed E-state index contributed by atoms with van der Waals surface area (Å²) in [7, 11) is -3.48. The summed E-state index contributed by atoms with van der Waals surface area (Å²) in [6, 6.07) is 5.23. The maximum atomic E-state index is 12.4. The fourth-order valence-corrected chi connectivity index (χ4v) is 4.60. The first-order chi connectivity index (χ1) is 16.3. The Kier molecular flexibility index (Phi) is 6.42. The molecule has 0 bridgehead atoms. The van der Waals surface area contributed by atoms with E-state index in [2.05, 4.69) is 36.0 Å². The van der Waals surface area contributed by atoms with Gasteiger partial charge in [-0.3, -0.25) is 4.79 Å². The van der Waals surface area contributed by atoms with E-state index in [4.69, 9.17) is 5.26 Å². The van der Waals surface area contributed by atoms with Crippen molar-refractivity contribution < 1.29 is 13.2 Å². The second-order valence-corrected chi connectivity index (χ2v) is 10.1. The number of hydrogen-bond donors (Lipinski definition) is 3. The third-order valence-corrected chi connectivity index (χ3v) is 6.89. The standard InChI is InChI=1S/C21H23N9O3S/c1-13(2)27-17-9-19(25-11-16(17)21(31)24-8-6-22)28-18-5-7-23-20(29-18)14-10-26-30(12-14)34(32,33)15-3-4-15/h5,7,9-13,15H,3-4,8H2,1-2H3,(H,24,31)(H2,23,25,27,28,29). The van der Waals surface area contributed by atoms with Crippen LogP contribution in [0.5, 0.6) is 0 Å². The van der Waals surface area contributed by atoms with Crippen LogP contribution in [0.4, 0.5) is 17.3 Å². The Bertz CT molecular complexity index is 1360. The Balaban J connectivity index is 1.56. The maximum absolute atomic E-state index is 12.4. The number of nitrogens with one attached hydrogen (secondary N) is 3. The molecule has 0 aliphatic heterocycles. The van der Waals surface area contributed by atoms with Gasteiger partial charge < -0.3 is 16.0 Å². The average Bonchev–Trinajstić information content (AvgIpc) is 3.54. The highest BCUT2D eigenvalue weighted by Crippen LogP contribution is 2.30. The van der Waals surface area contributed by atoms with Gasteiger partial charge in [0.05, 0.1) is 40.5 Å². The van der Waals surface area contributed by atoms with Gasteiger partial charge in [-0.1, -0.05) is 0 Å². The molecule has 0 spiro atoms. The molecule has 0 saturated heterocycles. The minimum absolute atomic E-state index is 0.0480. The number of nitrogens with zero attached hydrogens (tertiary/aromatic N) is 6. The van der Waals surface area contributed by atoms with Crippen molar-refractivity contribution in [1.29, 1.82) is 5.26 Å². The van der Waals surface area contributed by atoms with Gasteiger partial charge >= 0.3 is 0 Å². The number of nitriles is 1. The van der Waals surface area contributed by atoms with Crippen LogP contribution in [0.25, 0.3) is 11.4 Å². The van der Waals surface area contributed by atoms with E-state index < -0.39 is 15.9 Å². The molecule has 3 heterocycles. The lowest BCUT2D eigenvalue weighted by Gasteiger charge is -2.15. The lowest BCUT2D eigenvalue weighted by molar-refractivity contribution is 0.0959. The summed E-state index contributed by atoms with van der Waals surface area (Å²) in [5.41, 5.74) is 1.32. The molecule has 1 aliphatic carbocycles. The van der Waals surface area contributed by atoms with Gasteiger partial charge in [0.2, 0.25) is 0 Å². The predicted octanol–water partition coefficient (Wildman–Crippen LogP) is 1.89. The van der Waals surface area contributed by atoms with Crippen molar-refractivity contribution in [1.82, 2.24) is 29.5 Å². The van der Waals surface area contributed by atoms with Crippen LogP contribution in [-0.4, -0.2) is 56.3 Å². The zero-order chi connectivity index (χ0) is 24.3. The zero-order valence-corrected chi connectivity index (χ0v) is 19.4. The summed E-state index contributed by atoms with van der Waals surface area (Å²) in [5.74, 6) is 0.741. The van der Waals surface area contributed by atoms with Crippen LogP contribution >= 0.6 is 0 Å². The van der Waals surface area contributed by atoms with E-state index in [1.54, 1.807) is 12.1 Å². The van der Waals surface area contributed by atoms with Crippen LogP contribution < -0.4 is 16.0 Å². The van der Waals surface area contributed by atoms with E-state index in [0.29, 0.717) is 47.1 Å². The molecule has 34 heavy (non-hydrogen) atoms. The molecule has 176 valence electrons. The molecule has 1 fully saturated rings. The van der Waals surface area contributed by atoms with Crippen molar-refractivity contribution in [3.05, 3.63) is 42.5 Å². The van der Waals surface area contributed by atoms with E-state index in [1.807, 2.05) is 19.9 Å². The minimum Gasteiger partial charge on any atom is -0.382 e. The predicted molar refractivity (Wildman–Crippen MR) is 125 cm³/mol. The first-order valence-electron chi connectivity index (χ1n) is 10.6. The molecule has 3 aromatic rings. The van der Waals surface area contributed by atoms with Gasteiger partial charge in [-0.2, -0.15) is 14.4 Å². The summed E-state index contributed by atoms with van der Waals surface area (Å²) in [4.78, 5) is 25.3. The lowest BCUT2D eigenvalue weighted by Crippen LogP contribution is -2.25. The largest absolute Gasteiger partial charge is 0.382 e. The number of anilines is 3. The Morgan fingerprint density at radius 3 is 2.76 bits per heavy atom. The van der Waals surface area contributed by atoms with Crippen molar-refractivity contribution in [2.75, 3.05) is 17.2 Å². The van der Waals surface area contributed by atoms with E-state index in [1.165, 1.54) is 24.8 Å². The van der Waals surface area contributed by atoms with Gasteiger partial charge in [0.1, 0.15) is 18.2 Å². The molecule has 3 aromatic heterocycles. The second kappa shape index (κ2) is 9.44. The van der Waals surface area contributed by atoms with Crippen LogP contribution in [0.1, 0.15) is 37.0 Å². The molecule has 0 unspecified atom stereocenters. The molecule has 0 radical (unpaired) electrons. The molecule has 1 amide bonds. The number of rotatable bonds is 9. The van der Waals surface area contributed by atoms with Gasteiger partial charge in [-0.15, -0.1) is 0 Å². The number of carbonyl (C=O) groups is 1. The Morgan fingerprint density at radius 2 is 2.06 bits per heavy atom. The van der Waals surface area contributed by atoms with Crippen LogP contribution in [0.15, 0.2) is 36.9 Å². The summed E-state index contributed by atoms with van der Waals surface area (Å²) >= 11 is 0. The van der Waals surface area contributed by atoms with Crippen LogP contribution in [0.2, 0.25) is 0 Å². The van der Waals surface area contributed by atoms with Crippen LogP contribution in [-0.2, 0) is 10.0 Å². The van der Waals surface area contributed by atoms with Gasteiger partial charge in [0, 0.05) is 24.5 Å². The Morgan fingerprint density at radius 1 is 1.26 bits per heavy atom. The van der Waals surface area contributed by atoms with Gasteiger partial charge in [-0.25, -0.2) is 23.4 Å². The fraction of sp³-hybridized carbons (Fsp3) is 0.333. The highest BCUT2D eigenvalue weighted by molar-refractivity contribution is 7.90. The summed E-state index contributed by atoms with van der Waals surface area (Å²) < 4.78 is 25.7. The van der Waals surface area contributed by atoms with E-state index in [9.17, 15) is 13.2 Å². The van der Waals surface area contributed by atoms with Crippen molar-refractivity contribution >= 4 is 33.3 Å². The normalized spacial score (nSPS) is 13.4. The molecule has 3 N–H and O–H groups in total. The van der Waals surface area contributed by atoms with Crippen molar-refractivity contribution in [3.8, 4) is 17.5 Å². The number of amides is 1. The topological polar surface area (TPSA) is 168 Å². The fourth-order valence-electron chi connectivity index (χ4n) is 3.13. The van der Waals surface area contributed by atoms with E-state index in [0.717, 1.165) is 4.09 Å². The van der Waals surface area contributed by atoms with Gasteiger partial charge in [0.25, 0.3) is 15.9 Å². The maximum Gasteiger partial charge on any atom is 0.256 e. The van der Waals surface area contributed by atoms with Crippen molar-refractivity contribution in [3.63, 3.8) is 0 Å². The van der Waals surface area contributed by atoms with Gasteiger partial charge in [-0.05, 0) is 32.8 Å². The monoisotopic (exact) mass is 481 g/mol. The molecule has 4 rings (SSSR count). The molecule has 12 nitrogen and oxygen atoms in total. The molecule has 0 aromatic carbocycles. The molecular weight excluding hydrogens is 458 g/mol. The number of pyridine rings is 1. The smallest absolute Gasteiger partial charge is 0.256 e. The number of aromatic nitrogens is 5. The lowest BCUT2D eigenvalue weighted by atomic mass is 10.2. The van der Waals surface area contributed by atoms with Crippen LogP contribution in [0.3, 0.4) is 0 Å². The third kappa shape index (κ3) is 5.12. The first kappa shape index (κ1) is 23.1. The highest BCUT2D eigenvalue weighted by atomic mass is 32.2. The van der Waals surface area contributed by atoms with Gasteiger partial charge in [0.15, 0.2) is 5.82 Å². The second-order valence-electron chi connectivity index (χ2n) is 7.99. The molecule has 13 heteroatoms. The van der Waals surface area contributed by atoms with Crippen molar-refractivity contribution in [2.24, 2.45) is 0 Å². The third-order valence-electron chi connectivity index (χ3n) is 4.86. The summed E-state index contributed by atoms with van der Waals surface area (Å²) in [6.45, 7) is 3.76. The SMILES string of the molecule is CC(C)Nc1cc(Nc2ccnc(-c3cnn(S(=O)(=O)C4CC4)c3)n2)ncc1C(=O)NCC#N. The zero-order valence-electron chi connectivity index (χ0n) is 18.6. The summed E-state index contributed by atoms with van der Waals surface area (Å²) in [6.07, 6.45) is 7.06. The first-order valence-corrected chi connectivity index (χ1v) is 12.1. The van der Waals surface area contributed by atoms with E-state index in [-0.39, 0.29) is 17.8 Å². The number of hydrogen-bond acceptors (Lipinski definition) is 10. The van der Waals surface area contributed by atoms with E-state index >= 15 is 0 Å².